The number of carbonyl (C=O) groups excluding carboxylic acids is 1. The summed E-state index contributed by atoms with van der Waals surface area (Å²) < 4.78 is 5.03. The summed E-state index contributed by atoms with van der Waals surface area (Å²) in [7, 11) is 1.50. The number of anilines is 2. The topological polar surface area (TPSA) is 88.1 Å². The molecule has 0 aliphatic rings. The number of nitrogens with zero attached hydrogens (tertiary/aromatic N) is 1. The maximum Gasteiger partial charge on any atom is 0.255 e. The maximum absolute atomic E-state index is 12.2. The average molecular weight is 302 g/mol. The van der Waals surface area contributed by atoms with E-state index in [4.69, 9.17) is 27.3 Å². The first-order chi connectivity index (χ1) is 10.0. The van der Waals surface area contributed by atoms with Gasteiger partial charge in [-0.15, -0.1) is 0 Å². The van der Waals surface area contributed by atoms with Crippen LogP contribution in [0.1, 0.15) is 15.9 Å². The molecule has 0 aliphatic carbocycles. The van der Waals surface area contributed by atoms with E-state index in [0.29, 0.717) is 33.3 Å². The largest absolute Gasteiger partial charge is 0.495 e. The number of benzene rings is 2. The molecular formula is C15H12ClN3O2. The van der Waals surface area contributed by atoms with E-state index >= 15 is 0 Å². The van der Waals surface area contributed by atoms with Crippen LogP contribution in [0.5, 0.6) is 5.75 Å². The molecule has 0 spiro atoms. The number of ether oxygens (including phenoxy) is 1. The number of carbonyl (C=O) groups is 1. The molecule has 21 heavy (non-hydrogen) atoms. The Balaban J connectivity index is 2.28. The van der Waals surface area contributed by atoms with Crippen molar-refractivity contribution in [2.75, 3.05) is 18.2 Å². The van der Waals surface area contributed by atoms with Crippen LogP contribution in [0.4, 0.5) is 11.4 Å². The molecule has 0 saturated carbocycles. The van der Waals surface area contributed by atoms with Crippen LogP contribution in [0.25, 0.3) is 0 Å². The minimum Gasteiger partial charge on any atom is -0.495 e. The molecule has 5 nitrogen and oxygen atoms in total. The lowest BCUT2D eigenvalue weighted by atomic mass is 10.1. The number of nitrogen functional groups attached to an aromatic ring is 1. The molecule has 6 heteroatoms. The van der Waals surface area contributed by atoms with Gasteiger partial charge in [-0.05, 0) is 36.4 Å². The molecule has 0 bridgehead atoms. The molecule has 2 rings (SSSR count). The van der Waals surface area contributed by atoms with Gasteiger partial charge in [0.1, 0.15) is 11.8 Å². The zero-order valence-corrected chi connectivity index (χ0v) is 11.9. The number of halogens is 1. The third-order valence-electron chi connectivity index (χ3n) is 2.84. The normalized spacial score (nSPS) is 9.76. The van der Waals surface area contributed by atoms with Gasteiger partial charge in [0.2, 0.25) is 0 Å². The minimum absolute atomic E-state index is 0.328. The second kappa shape index (κ2) is 6.16. The number of methoxy groups -OCH3 is 1. The summed E-state index contributed by atoms with van der Waals surface area (Å²) in [6, 6.07) is 11.3. The molecule has 0 aromatic heterocycles. The van der Waals surface area contributed by atoms with Crippen molar-refractivity contribution in [2.24, 2.45) is 0 Å². The molecule has 0 heterocycles. The van der Waals surface area contributed by atoms with Gasteiger partial charge in [0.15, 0.2) is 0 Å². The van der Waals surface area contributed by atoms with Crippen molar-refractivity contribution >= 4 is 28.9 Å². The number of rotatable bonds is 3. The van der Waals surface area contributed by atoms with Gasteiger partial charge in [0.05, 0.1) is 24.0 Å². The van der Waals surface area contributed by atoms with Gasteiger partial charge in [-0.3, -0.25) is 4.79 Å². The lowest BCUT2D eigenvalue weighted by Crippen LogP contribution is -2.13. The van der Waals surface area contributed by atoms with Crippen LogP contribution in [0, 0.1) is 11.3 Å². The fourth-order valence-corrected chi connectivity index (χ4v) is 1.96. The Morgan fingerprint density at radius 2 is 2.10 bits per heavy atom. The summed E-state index contributed by atoms with van der Waals surface area (Å²) in [6.45, 7) is 0. The quantitative estimate of drug-likeness (QED) is 0.853. The molecule has 0 atom stereocenters. The van der Waals surface area contributed by atoms with Crippen molar-refractivity contribution in [3.8, 4) is 11.8 Å². The third-order valence-corrected chi connectivity index (χ3v) is 3.08. The van der Waals surface area contributed by atoms with Gasteiger partial charge >= 0.3 is 0 Å². The van der Waals surface area contributed by atoms with Crippen LogP contribution in [-0.2, 0) is 0 Å². The van der Waals surface area contributed by atoms with E-state index in [1.54, 1.807) is 24.3 Å². The van der Waals surface area contributed by atoms with Crippen LogP contribution < -0.4 is 15.8 Å². The molecule has 1 amide bonds. The Morgan fingerprint density at radius 3 is 2.71 bits per heavy atom. The van der Waals surface area contributed by atoms with Crippen LogP contribution >= 0.6 is 11.6 Å². The Bertz CT molecular complexity index is 738. The monoisotopic (exact) mass is 301 g/mol. The molecule has 2 aromatic rings. The zero-order valence-electron chi connectivity index (χ0n) is 11.2. The fraction of sp³-hybridized carbons (Fsp3) is 0.0667. The molecule has 2 aromatic carbocycles. The molecule has 0 fully saturated rings. The van der Waals surface area contributed by atoms with Crippen molar-refractivity contribution in [2.45, 2.75) is 0 Å². The van der Waals surface area contributed by atoms with Crippen LogP contribution in [0.15, 0.2) is 36.4 Å². The van der Waals surface area contributed by atoms with E-state index in [0.717, 1.165) is 0 Å². The predicted molar refractivity (Wildman–Crippen MR) is 81.5 cm³/mol. The van der Waals surface area contributed by atoms with E-state index in [9.17, 15) is 4.79 Å². The van der Waals surface area contributed by atoms with E-state index in [1.807, 2.05) is 6.07 Å². The fourth-order valence-electron chi connectivity index (χ4n) is 1.79. The van der Waals surface area contributed by atoms with Crippen molar-refractivity contribution < 1.29 is 9.53 Å². The number of hydrogen-bond donors (Lipinski definition) is 2. The van der Waals surface area contributed by atoms with Crippen molar-refractivity contribution in [3.63, 3.8) is 0 Å². The molecule has 0 unspecified atom stereocenters. The first kappa shape index (κ1) is 14.7. The van der Waals surface area contributed by atoms with Crippen molar-refractivity contribution in [1.82, 2.24) is 0 Å². The SMILES string of the molecule is COc1ccc(C(=O)Nc2cc(Cl)ccc2C#N)cc1N. The lowest BCUT2D eigenvalue weighted by Gasteiger charge is -2.09. The second-order valence-corrected chi connectivity index (χ2v) is 4.65. The lowest BCUT2D eigenvalue weighted by molar-refractivity contribution is 0.102. The third kappa shape index (κ3) is 3.25. The standard InChI is InChI=1S/C15H12ClN3O2/c1-21-14-5-3-9(6-12(14)18)15(20)19-13-7-11(16)4-2-10(13)8-17/h2-7H,18H2,1H3,(H,19,20). The zero-order chi connectivity index (χ0) is 15.4. The Labute approximate surface area is 126 Å². The summed E-state index contributed by atoms with van der Waals surface area (Å²) >= 11 is 5.87. The van der Waals surface area contributed by atoms with Gasteiger partial charge < -0.3 is 15.8 Å². The number of nitrogens with two attached hydrogens (primary N) is 1. The highest BCUT2D eigenvalue weighted by Crippen LogP contribution is 2.24. The van der Waals surface area contributed by atoms with Crippen molar-refractivity contribution in [1.29, 1.82) is 5.26 Å². The van der Waals surface area contributed by atoms with Gasteiger partial charge in [0, 0.05) is 10.6 Å². The number of nitrogens with one attached hydrogen (secondary N) is 1. The van der Waals surface area contributed by atoms with Crippen molar-refractivity contribution in [3.05, 3.63) is 52.5 Å². The van der Waals surface area contributed by atoms with E-state index in [2.05, 4.69) is 5.32 Å². The summed E-state index contributed by atoms with van der Waals surface area (Å²) in [5.74, 6) is 0.107. The van der Waals surface area contributed by atoms with E-state index < -0.39 is 0 Å². The first-order valence-electron chi connectivity index (χ1n) is 5.99. The molecular weight excluding hydrogens is 290 g/mol. The summed E-state index contributed by atoms with van der Waals surface area (Å²) in [5, 5.41) is 12.1. The first-order valence-corrected chi connectivity index (χ1v) is 6.37. The van der Waals surface area contributed by atoms with Crippen LogP contribution in [0.3, 0.4) is 0 Å². The summed E-state index contributed by atoms with van der Waals surface area (Å²) in [4.78, 5) is 12.2. The Hall–Kier alpha value is -2.71. The van der Waals surface area contributed by atoms with Crippen LogP contribution in [-0.4, -0.2) is 13.0 Å². The second-order valence-electron chi connectivity index (χ2n) is 4.21. The number of nitriles is 1. The predicted octanol–water partition coefficient (Wildman–Crippen LogP) is 3.05. The highest BCUT2D eigenvalue weighted by molar-refractivity contribution is 6.31. The number of hydrogen-bond acceptors (Lipinski definition) is 4. The number of amides is 1. The molecule has 0 aliphatic heterocycles. The smallest absolute Gasteiger partial charge is 0.255 e. The average Bonchev–Trinajstić information content (AvgIpc) is 2.47. The molecule has 3 N–H and O–H groups in total. The van der Waals surface area contributed by atoms with E-state index in [-0.39, 0.29) is 5.91 Å². The van der Waals surface area contributed by atoms with Gasteiger partial charge in [-0.2, -0.15) is 5.26 Å². The summed E-state index contributed by atoms with van der Waals surface area (Å²) in [6.07, 6.45) is 0. The maximum atomic E-state index is 12.2. The Morgan fingerprint density at radius 1 is 1.33 bits per heavy atom. The highest BCUT2D eigenvalue weighted by Gasteiger charge is 2.11. The molecule has 0 radical (unpaired) electrons. The van der Waals surface area contributed by atoms with E-state index in [1.165, 1.54) is 19.2 Å². The highest BCUT2D eigenvalue weighted by atomic mass is 35.5. The van der Waals surface area contributed by atoms with Gasteiger partial charge in [0.25, 0.3) is 5.91 Å². The van der Waals surface area contributed by atoms with Gasteiger partial charge in [-0.25, -0.2) is 0 Å². The Kier molecular flexibility index (Phi) is 4.31. The molecule has 106 valence electrons. The van der Waals surface area contributed by atoms with Crippen LogP contribution in [0.2, 0.25) is 5.02 Å². The minimum atomic E-state index is -0.386. The van der Waals surface area contributed by atoms with Gasteiger partial charge in [-0.1, -0.05) is 11.6 Å². The summed E-state index contributed by atoms with van der Waals surface area (Å²) in [5.41, 5.74) is 7.16. The molecule has 0 saturated heterocycles.